The zero-order valence-corrected chi connectivity index (χ0v) is 17.8. The third kappa shape index (κ3) is 3.61. The summed E-state index contributed by atoms with van der Waals surface area (Å²) in [5.74, 6) is -0.580. The predicted molar refractivity (Wildman–Crippen MR) is 113 cm³/mol. The number of amides is 1. The molecule has 0 aliphatic rings. The van der Waals surface area contributed by atoms with E-state index in [0.717, 1.165) is 27.8 Å². The van der Waals surface area contributed by atoms with Crippen molar-refractivity contribution in [3.05, 3.63) is 58.5 Å². The molecule has 30 heavy (non-hydrogen) atoms. The maximum absolute atomic E-state index is 12.9. The van der Waals surface area contributed by atoms with Crippen molar-refractivity contribution in [3.63, 3.8) is 0 Å². The highest BCUT2D eigenvalue weighted by atomic mass is 32.2. The Morgan fingerprint density at radius 1 is 1.13 bits per heavy atom. The van der Waals surface area contributed by atoms with Gasteiger partial charge in [0.05, 0.1) is 11.1 Å². The molecule has 0 N–H and O–H groups in total. The number of halogens is 3. The van der Waals surface area contributed by atoms with Gasteiger partial charge in [0.25, 0.3) is 5.91 Å². The number of aryl methyl sites for hydroxylation is 1. The lowest BCUT2D eigenvalue weighted by molar-refractivity contribution is -0.137. The fraction of sp³-hybridized carbons (Fsp3) is 0.200. The molecule has 1 amide bonds. The molecule has 4 rings (SSSR count). The molecule has 4 aromatic rings. The van der Waals surface area contributed by atoms with Gasteiger partial charge in [0.15, 0.2) is 5.65 Å². The van der Waals surface area contributed by atoms with E-state index >= 15 is 0 Å². The highest BCUT2D eigenvalue weighted by Crippen LogP contribution is 2.37. The molecule has 0 fully saturated rings. The smallest absolute Gasteiger partial charge is 0.293 e. The van der Waals surface area contributed by atoms with Gasteiger partial charge in [0.1, 0.15) is 0 Å². The van der Waals surface area contributed by atoms with Gasteiger partial charge in [-0.3, -0.25) is 9.36 Å². The van der Waals surface area contributed by atoms with E-state index in [4.69, 9.17) is 0 Å². The fourth-order valence-electron chi connectivity index (χ4n) is 3.31. The highest BCUT2D eigenvalue weighted by Gasteiger charge is 2.30. The Morgan fingerprint density at radius 3 is 2.40 bits per heavy atom. The third-order valence-corrected chi connectivity index (χ3v) is 5.91. The van der Waals surface area contributed by atoms with Crippen molar-refractivity contribution in [2.75, 3.05) is 12.5 Å². The van der Waals surface area contributed by atoms with Crippen molar-refractivity contribution in [3.8, 4) is 5.69 Å². The summed E-state index contributed by atoms with van der Waals surface area (Å²) in [7, 11) is -2.60. The van der Waals surface area contributed by atoms with Crippen molar-refractivity contribution in [1.82, 2.24) is 8.94 Å². The van der Waals surface area contributed by atoms with Crippen LogP contribution in [0.1, 0.15) is 20.8 Å². The molecule has 0 bridgehead atoms. The predicted octanol–water partition coefficient (Wildman–Crippen LogP) is 5.44. The summed E-state index contributed by atoms with van der Waals surface area (Å²) < 4.78 is 60.6. The number of carbonyl (C=O) groups excluding carboxylic acids is 1. The molecule has 0 radical (unpaired) electrons. The number of fused-ring (bicyclic) bond motifs is 3. The summed E-state index contributed by atoms with van der Waals surface area (Å²) in [5.41, 5.74) is 1.39. The van der Waals surface area contributed by atoms with Gasteiger partial charge in [-0.2, -0.15) is 21.9 Å². The zero-order valence-electron chi connectivity index (χ0n) is 16.1. The average molecular weight is 451 g/mol. The lowest BCUT2D eigenvalue weighted by Gasteiger charge is -2.10. The van der Waals surface area contributed by atoms with Crippen LogP contribution in [0.5, 0.6) is 0 Å². The maximum Gasteiger partial charge on any atom is 0.416 e. The van der Waals surface area contributed by atoms with Crippen LogP contribution < -0.4 is 0 Å². The van der Waals surface area contributed by atoms with Crippen molar-refractivity contribution in [2.24, 2.45) is 4.36 Å². The number of hydrogen-bond acceptors (Lipinski definition) is 4. The molecule has 2 heterocycles. The Balaban J connectivity index is 1.95. The Morgan fingerprint density at radius 2 is 1.80 bits per heavy atom. The molecule has 2 aromatic heterocycles. The van der Waals surface area contributed by atoms with Crippen LogP contribution in [0.4, 0.5) is 13.2 Å². The maximum atomic E-state index is 12.9. The number of hydrogen-bond donors (Lipinski definition) is 0. The first-order chi connectivity index (χ1) is 14.0. The van der Waals surface area contributed by atoms with E-state index in [1.54, 1.807) is 22.8 Å². The lowest BCUT2D eigenvalue weighted by Crippen LogP contribution is -2.05. The van der Waals surface area contributed by atoms with Gasteiger partial charge < -0.3 is 0 Å². The number of alkyl halides is 3. The Hall–Kier alpha value is -2.72. The first-order valence-corrected chi connectivity index (χ1v) is 11.9. The average Bonchev–Trinajstić information content (AvgIpc) is 3.17. The van der Waals surface area contributed by atoms with Crippen molar-refractivity contribution >= 4 is 49.1 Å². The number of carbonyl (C=O) groups is 1. The van der Waals surface area contributed by atoms with Gasteiger partial charge in [0.2, 0.25) is 0 Å². The summed E-state index contributed by atoms with van der Waals surface area (Å²) in [6, 6.07) is 9.79. The van der Waals surface area contributed by atoms with Crippen molar-refractivity contribution in [2.45, 2.75) is 13.1 Å². The first-order valence-electron chi connectivity index (χ1n) is 8.75. The van der Waals surface area contributed by atoms with Gasteiger partial charge in [-0.15, -0.1) is 0 Å². The van der Waals surface area contributed by atoms with E-state index in [1.165, 1.54) is 36.2 Å². The van der Waals surface area contributed by atoms with Gasteiger partial charge >= 0.3 is 6.18 Å². The van der Waals surface area contributed by atoms with Crippen LogP contribution in [0.3, 0.4) is 0 Å². The number of aromatic nitrogens is 2. The van der Waals surface area contributed by atoms with E-state index in [2.05, 4.69) is 8.74 Å². The Bertz CT molecular complexity index is 1420. The van der Waals surface area contributed by atoms with Crippen LogP contribution in [-0.4, -0.2) is 31.6 Å². The topological polar surface area (TPSA) is 64.3 Å². The molecule has 0 spiro atoms. The molecule has 2 aromatic carbocycles. The van der Waals surface area contributed by atoms with Gasteiger partial charge in [-0.25, -0.2) is 4.21 Å². The molecule has 0 aliphatic carbocycles. The molecule has 156 valence electrons. The van der Waals surface area contributed by atoms with E-state index in [-0.39, 0.29) is 5.56 Å². The molecule has 5 nitrogen and oxygen atoms in total. The van der Waals surface area contributed by atoms with E-state index in [0.29, 0.717) is 16.9 Å². The molecular formula is C20H16F3N3O2S2. The third-order valence-electron chi connectivity index (χ3n) is 4.57. The number of benzene rings is 2. The molecule has 0 aliphatic heterocycles. The molecule has 0 atom stereocenters. The van der Waals surface area contributed by atoms with E-state index in [9.17, 15) is 22.2 Å². The lowest BCUT2D eigenvalue weighted by atomic mass is 10.1. The minimum atomic E-state index is -4.42. The van der Waals surface area contributed by atoms with Crippen molar-refractivity contribution in [1.29, 1.82) is 0 Å². The molecule has 0 saturated heterocycles. The van der Waals surface area contributed by atoms with Crippen molar-refractivity contribution < 1.29 is 22.2 Å². The first kappa shape index (κ1) is 20.5. The minimum Gasteiger partial charge on any atom is -0.293 e. The van der Waals surface area contributed by atoms with E-state index in [1.807, 2.05) is 6.92 Å². The fourth-order valence-corrected chi connectivity index (χ4v) is 4.51. The van der Waals surface area contributed by atoms with Gasteiger partial charge in [-0.05, 0) is 60.9 Å². The monoisotopic (exact) mass is 451 g/mol. The van der Waals surface area contributed by atoms with E-state index < -0.39 is 27.4 Å². The second-order valence-electron chi connectivity index (χ2n) is 7.13. The Labute approximate surface area is 174 Å². The van der Waals surface area contributed by atoms with Crippen LogP contribution in [0.15, 0.2) is 46.8 Å². The molecule has 0 unspecified atom stereocenters. The van der Waals surface area contributed by atoms with Crippen LogP contribution in [0, 0.1) is 6.92 Å². The van der Waals surface area contributed by atoms with Crippen LogP contribution >= 0.6 is 11.5 Å². The quantitative estimate of drug-likeness (QED) is 0.408. The van der Waals surface area contributed by atoms with Crippen LogP contribution in [0.25, 0.3) is 27.6 Å². The SMILES string of the molecule is Cc1snc2c1c1cc(C(=O)N=S(C)(C)=O)ccc1n2-c1ccc(C(F)(F)F)cc1. The summed E-state index contributed by atoms with van der Waals surface area (Å²) >= 11 is 1.27. The summed E-state index contributed by atoms with van der Waals surface area (Å²) in [4.78, 5) is 13.3. The summed E-state index contributed by atoms with van der Waals surface area (Å²) in [6.07, 6.45) is -1.65. The Kier molecular flexibility index (Phi) is 4.74. The molecule has 0 saturated carbocycles. The standard InChI is InChI=1S/C20H16F3N3O2S2/c1-11-17-15-10-12(19(27)25-30(2,3)28)4-9-16(15)26(18(17)24-29-11)14-7-5-13(6-8-14)20(21,22)23/h4-10H,1-3H3. The van der Waals surface area contributed by atoms with Crippen LogP contribution in [-0.2, 0) is 15.9 Å². The number of rotatable bonds is 2. The second-order valence-corrected chi connectivity index (χ2v) is 10.6. The second kappa shape index (κ2) is 6.92. The largest absolute Gasteiger partial charge is 0.416 e. The molecular weight excluding hydrogens is 435 g/mol. The summed E-state index contributed by atoms with van der Waals surface area (Å²) in [5, 5.41) is 1.55. The molecule has 10 heteroatoms. The van der Waals surface area contributed by atoms with Crippen LogP contribution in [0.2, 0.25) is 0 Å². The summed E-state index contributed by atoms with van der Waals surface area (Å²) in [6.45, 7) is 1.89. The van der Waals surface area contributed by atoms with Gasteiger partial charge in [-0.1, -0.05) is 0 Å². The number of nitrogens with zero attached hydrogens (tertiary/aromatic N) is 3. The van der Waals surface area contributed by atoms with Gasteiger partial charge in [0, 0.05) is 49.1 Å². The normalized spacial score (nSPS) is 12.6. The highest BCUT2D eigenvalue weighted by molar-refractivity contribution is 7.92. The minimum absolute atomic E-state index is 0.288. The zero-order chi connectivity index (χ0) is 21.8.